The maximum Gasteiger partial charge on any atom is 0.263 e. The van der Waals surface area contributed by atoms with E-state index in [1.54, 1.807) is 49.7 Å². The van der Waals surface area contributed by atoms with Crippen molar-refractivity contribution in [2.45, 2.75) is 36.1 Å². The topological polar surface area (TPSA) is 95.9 Å². The monoisotopic (exact) mass is 504 g/mol. The summed E-state index contributed by atoms with van der Waals surface area (Å²) >= 11 is 13.4. The number of nitrogens with one attached hydrogen (secondary N) is 1. The number of benzene rings is 2. The first-order valence-electron chi connectivity index (χ1n) is 9.32. The molecule has 0 aromatic heterocycles. The molecule has 1 amide bonds. The Morgan fingerprint density at radius 1 is 1.23 bits per heavy atom. The third-order valence-corrected chi connectivity index (χ3v) is 8.52. The number of hydroxylamine groups is 1. The highest BCUT2D eigenvalue weighted by Gasteiger charge is 2.48. The van der Waals surface area contributed by atoms with Gasteiger partial charge in [-0.15, -0.1) is 0 Å². The second-order valence-electron chi connectivity index (χ2n) is 7.48. The molecule has 168 valence electrons. The van der Waals surface area contributed by atoms with Crippen molar-refractivity contribution >= 4 is 50.9 Å². The molecule has 11 heteroatoms. The van der Waals surface area contributed by atoms with Crippen LogP contribution in [0.25, 0.3) is 0 Å². The van der Waals surface area contributed by atoms with Crippen LogP contribution in [0.5, 0.6) is 5.75 Å². The molecule has 0 aliphatic carbocycles. The molecule has 1 atom stereocenters. The van der Waals surface area contributed by atoms with Gasteiger partial charge >= 0.3 is 0 Å². The van der Waals surface area contributed by atoms with Gasteiger partial charge in [0.15, 0.2) is 0 Å². The lowest BCUT2D eigenvalue weighted by atomic mass is 10.0. The predicted octanol–water partition coefficient (Wildman–Crippen LogP) is 3.96. The lowest BCUT2D eigenvalue weighted by Crippen LogP contribution is -2.61. The SMILES string of the molecule is CC1(C)SCCN(S(=O)(=O)c2ccc(OCc3cc(Cl)cc(Cl)c3)cc2)C1C(=O)NO. The minimum Gasteiger partial charge on any atom is -0.489 e. The maximum absolute atomic E-state index is 13.3. The van der Waals surface area contributed by atoms with Crippen molar-refractivity contribution in [3.63, 3.8) is 0 Å². The molecule has 1 saturated heterocycles. The zero-order chi connectivity index (χ0) is 22.8. The van der Waals surface area contributed by atoms with Crippen LogP contribution in [0.2, 0.25) is 10.0 Å². The van der Waals surface area contributed by atoms with Gasteiger partial charge < -0.3 is 4.74 Å². The molecule has 0 radical (unpaired) electrons. The standard InChI is InChI=1S/C20H22Cl2N2O5S2/c1-20(2)18(19(25)23-26)24(7-8-30-20)31(27,28)17-5-3-16(4-6-17)29-12-13-9-14(21)11-15(22)10-13/h3-6,9-11,18,26H,7-8,12H2,1-2H3,(H,23,25). The number of hydrogen-bond acceptors (Lipinski definition) is 6. The van der Waals surface area contributed by atoms with Crippen molar-refractivity contribution in [1.29, 1.82) is 0 Å². The Kier molecular flexibility index (Phi) is 7.45. The Labute approximate surface area is 195 Å². The van der Waals surface area contributed by atoms with Gasteiger partial charge in [-0.1, -0.05) is 23.2 Å². The molecule has 3 rings (SSSR count). The van der Waals surface area contributed by atoms with E-state index in [1.165, 1.54) is 23.9 Å². The van der Waals surface area contributed by atoms with Crippen molar-refractivity contribution in [2.24, 2.45) is 0 Å². The van der Waals surface area contributed by atoms with Crippen molar-refractivity contribution in [1.82, 2.24) is 9.79 Å². The number of ether oxygens (including phenoxy) is 1. The molecule has 0 bridgehead atoms. The van der Waals surface area contributed by atoms with Gasteiger partial charge in [-0.25, -0.2) is 13.9 Å². The Morgan fingerprint density at radius 2 is 1.84 bits per heavy atom. The molecule has 1 unspecified atom stereocenters. The lowest BCUT2D eigenvalue weighted by molar-refractivity contribution is -0.134. The van der Waals surface area contributed by atoms with E-state index >= 15 is 0 Å². The summed E-state index contributed by atoms with van der Waals surface area (Å²) < 4.78 is 32.6. The smallest absolute Gasteiger partial charge is 0.263 e. The number of sulfonamides is 1. The number of nitrogens with zero attached hydrogens (tertiary/aromatic N) is 1. The summed E-state index contributed by atoms with van der Waals surface area (Å²) in [6, 6.07) is 9.98. The van der Waals surface area contributed by atoms with Crippen LogP contribution in [0.3, 0.4) is 0 Å². The Morgan fingerprint density at radius 3 is 2.42 bits per heavy atom. The van der Waals surface area contributed by atoms with Crippen LogP contribution in [0.4, 0.5) is 0 Å². The minimum absolute atomic E-state index is 0.0316. The molecule has 7 nitrogen and oxygen atoms in total. The van der Waals surface area contributed by atoms with Gasteiger partial charge in [0.05, 0.1) is 4.90 Å². The fourth-order valence-corrected chi connectivity index (χ4v) is 7.10. The number of carbonyl (C=O) groups excluding carboxylic acids is 1. The quantitative estimate of drug-likeness (QED) is 0.456. The fourth-order valence-electron chi connectivity index (χ4n) is 3.42. The zero-order valence-corrected chi connectivity index (χ0v) is 20.0. The van der Waals surface area contributed by atoms with E-state index < -0.39 is 26.7 Å². The molecule has 2 N–H and O–H groups in total. The first kappa shape index (κ1) is 24.2. The molecule has 2 aromatic rings. The van der Waals surface area contributed by atoms with Gasteiger partial charge in [-0.3, -0.25) is 10.0 Å². The van der Waals surface area contributed by atoms with Crippen molar-refractivity contribution in [3.05, 3.63) is 58.1 Å². The van der Waals surface area contributed by atoms with E-state index in [0.29, 0.717) is 21.5 Å². The van der Waals surface area contributed by atoms with Crippen LogP contribution in [0.15, 0.2) is 47.4 Å². The van der Waals surface area contributed by atoms with Crippen LogP contribution < -0.4 is 10.2 Å². The average Bonchev–Trinajstić information content (AvgIpc) is 2.70. The number of carbonyl (C=O) groups is 1. The largest absolute Gasteiger partial charge is 0.489 e. The van der Waals surface area contributed by atoms with Crippen LogP contribution in [-0.4, -0.2) is 46.9 Å². The van der Waals surface area contributed by atoms with E-state index in [9.17, 15) is 13.2 Å². The highest BCUT2D eigenvalue weighted by atomic mass is 35.5. The van der Waals surface area contributed by atoms with Crippen molar-refractivity contribution in [3.8, 4) is 5.75 Å². The van der Waals surface area contributed by atoms with E-state index in [0.717, 1.165) is 9.87 Å². The van der Waals surface area contributed by atoms with Crippen LogP contribution in [0.1, 0.15) is 19.4 Å². The maximum atomic E-state index is 13.3. The molecule has 1 aliphatic heterocycles. The van der Waals surface area contributed by atoms with E-state index in [4.69, 9.17) is 33.1 Å². The highest BCUT2D eigenvalue weighted by molar-refractivity contribution is 8.00. The highest BCUT2D eigenvalue weighted by Crippen LogP contribution is 2.38. The number of halogens is 2. The minimum atomic E-state index is -3.97. The predicted molar refractivity (Wildman–Crippen MR) is 121 cm³/mol. The number of thioether (sulfide) groups is 1. The summed E-state index contributed by atoms with van der Waals surface area (Å²) in [5, 5.41) is 10.1. The van der Waals surface area contributed by atoms with E-state index in [-0.39, 0.29) is 18.0 Å². The number of amides is 1. The van der Waals surface area contributed by atoms with Gasteiger partial charge in [0, 0.05) is 27.1 Å². The second kappa shape index (κ2) is 9.56. The van der Waals surface area contributed by atoms with Crippen LogP contribution in [0, 0.1) is 0 Å². The Bertz CT molecular complexity index is 1040. The number of rotatable bonds is 6. The Balaban J connectivity index is 1.79. The normalized spacial score (nSPS) is 19.1. The van der Waals surface area contributed by atoms with Crippen LogP contribution in [-0.2, 0) is 21.4 Å². The molecule has 0 spiro atoms. The first-order chi connectivity index (χ1) is 14.5. The lowest BCUT2D eigenvalue weighted by Gasteiger charge is -2.43. The summed E-state index contributed by atoms with van der Waals surface area (Å²) in [7, 11) is -3.97. The van der Waals surface area contributed by atoms with Gasteiger partial charge in [0.1, 0.15) is 18.4 Å². The average molecular weight is 505 g/mol. The van der Waals surface area contributed by atoms with Gasteiger partial charge in [-0.2, -0.15) is 16.1 Å². The summed E-state index contributed by atoms with van der Waals surface area (Å²) in [6.45, 7) is 3.92. The van der Waals surface area contributed by atoms with E-state index in [1.807, 2.05) is 0 Å². The van der Waals surface area contributed by atoms with Crippen LogP contribution >= 0.6 is 35.0 Å². The number of hydrogen-bond donors (Lipinski definition) is 2. The molecule has 1 fully saturated rings. The zero-order valence-electron chi connectivity index (χ0n) is 16.8. The van der Waals surface area contributed by atoms with Crippen molar-refractivity contribution < 1.29 is 23.2 Å². The molecule has 1 heterocycles. The summed E-state index contributed by atoms with van der Waals surface area (Å²) in [6.07, 6.45) is 0. The molecule has 2 aromatic carbocycles. The second-order valence-corrected chi connectivity index (χ2v) is 12.0. The molecular formula is C20H22Cl2N2O5S2. The molecule has 31 heavy (non-hydrogen) atoms. The van der Waals surface area contributed by atoms with E-state index in [2.05, 4.69) is 0 Å². The summed E-state index contributed by atoms with van der Waals surface area (Å²) in [5.41, 5.74) is 2.37. The first-order valence-corrected chi connectivity index (χ1v) is 12.5. The molecule has 1 aliphatic rings. The van der Waals surface area contributed by atoms with Gasteiger partial charge in [-0.05, 0) is 61.9 Å². The molecular weight excluding hydrogens is 483 g/mol. The van der Waals surface area contributed by atoms with Gasteiger partial charge in [0.2, 0.25) is 10.0 Å². The third-order valence-electron chi connectivity index (χ3n) is 4.85. The third kappa shape index (κ3) is 5.47. The fraction of sp³-hybridized carbons (Fsp3) is 0.350. The summed E-state index contributed by atoms with van der Waals surface area (Å²) in [4.78, 5) is 12.3. The Hall–Kier alpha value is -1.49. The van der Waals surface area contributed by atoms with Crippen molar-refractivity contribution in [2.75, 3.05) is 12.3 Å². The molecule has 0 saturated carbocycles. The summed E-state index contributed by atoms with van der Waals surface area (Å²) in [5.74, 6) is 0.236. The van der Waals surface area contributed by atoms with Gasteiger partial charge in [0.25, 0.3) is 5.91 Å².